The number of nitro groups is 1. The van der Waals surface area contributed by atoms with Crippen molar-refractivity contribution >= 4 is 28.9 Å². The van der Waals surface area contributed by atoms with Gasteiger partial charge < -0.3 is 14.5 Å². The predicted molar refractivity (Wildman–Crippen MR) is 114 cm³/mol. The predicted octanol–water partition coefficient (Wildman–Crippen LogP) is 3.79. The molecule has 8 heteroatoms. The molecule has 0 N–H and O–H groups in total. The van der Waals surface area contributed by atoms with Crippen LogP contribution < -0.4 is 9.80 Å². The van der Waals surface area contributed by atoms with Crippen LogP contribution in [0.4, 0.5) is 17.1 Å². The van der Waals surface area contributed by atoms with Crippen LogP contribution in [-0.4, -0.2) is 42.5 Å². The van der Waals surface area contributed by atoms with E-state index in [0.717, 1.165) is 25.9 Å². The molecule has 0 spiro atoms. The van der Waals surface area contributed by atoms with Crippen LogP contribution in [0.15, 0.2) is 48.5 Å². The summed E-state index contributed by atoms with van der Waals surface area (Å²) in [6, 6.07) is 13.3. The maximum absolute atomic E-state index is 12.7. The lowest BCUT2D eigenvalue weighted by Crippen LogP contribution is -2.39. The number of carbonyl (C=O) groups is 2. The molecule has 3 rings (SSSR count). The summed E-state index contributed by atoms with van der Waals surface area (Å²) < 4.78 is 5.18. The van der Waals surface area contributed by atoms with Crippen molar-refractivity contribution in [2.45, 2.75) is 32.7 Å². The van der Waals surface area contributed by atoms with Crippen molar-refractivity contribution in [1.82, 2.24) is 0 Å². The van der Waals surface area contributed by atoms with Gasteiger partial charge in [0.05, 0.1) is 10.5 Å². The molecule has 0 aliphatic carbocycles. The molecule has 1 fully saturated rings. The maximum atomic E-state index is 12.7. The zero-order valence-corrected chi connectivity index (χ0v) is 17.1. The van der Waals surface area contributed by atoms with Gasteiger partial charge in [-0.2, -0.15) is 0 Å². The number of para-hydroxylation sites is 1. The number of amides is 1. The van der Waals surface area contributed by atoms with Crippen molar-refractivity contribution in [3.05, 3.63) is 64.2 Å². The van der Waals surface area contributed by atoms with Gasteiger partial charge in [0.2, 0.25) is 0 Å². The largest absolute Gasteiger partial charge is 0.452 e. The highest BCUT2D eigenvalue weighted by Crippen LogP contribution is 2.31. The standard InChI is InChI=1S/C22H25N3O5/c1-16(2)24(18-8-4-3-5-9-18)21(26)15-30-22(27)17-10-11-19(20(14-17)25(28)29)23-12-6-7-13-23/h3-5,8-11,14,16H,6-7,12-13,15H2,1-2H3. The van der Waals surface area contributed by atoms with E-state index in [1.54, 1.807) is 23.1 Å². The van der Waals surface area contributed by atoms with Gasteiger partial charge in [-0.25, -0.2) is 4.79 Å². The first-order valence-corrected chi connectivity index (χ1v) is 9.96. The molecular weight excluding hydrogens is 386 g/mol. The Hall–Kier alpha value is -3.42. The van der Waals surface area contributed by atoms with E-state index in [9.17, 15) is 19.7 Å². The average molecular weight is 411 g/mol. The minimum atomic E-state index is -0.767. The first-order chi connectivity index (χ1) is 14.4. The highest BCUT2D eigenvalue weighted by atomic mass is 16.6. The third-order valence-corrected chi connectivity index (χ3v) is 5.00. The SMILES string of the molecule is CC(C)N(C(=O)COC(=O)c1ccc(N2CCCC2)c([N+](=O)[O-])c1)c1ccccc1. The molecule has 2 aromatic rings. The average Bonchev–Trinajstić information content (AvgIpc) is 3.27. The van der Waals surface area contributed by atoms with Gasteiger partial charge in [-0.05, 0) is 51.0 Å². The molecule has 0 unspecified atom stereocenters. The van der Waals surface area contributed by atoms with Crippen LogP contribution in [0.3, 0.4) is 0 Å². The molecular formula is C22H25N3O5. The molecule has 1 aliphatic heterocycles. The van der Waals surface area contributed by atoms with Crippen molar-refractivity contribution in [2.24, 2.45) is 0 Å². The van der Waals surface area contributed by atoms with Crippen LogP contribution in [0.2, 0.25) is 0 Å². The van der Waals surface area contributed by atoms with Gasteiger partial charge in [0.1, 0.15) is 5.69 Å². The molecule has 2 aromatic carbocycles. The van der Waals surface area contributed by atoms with Gasteiger partial charge in [0.25, 0.3) is 11.6 Å². The third kappa shape index (κ3) is 4.76. The van der Waals surface area contributed by atoms with E-state index in [2.05, 4.69) is 0 Å². The lowest BCUT2D eigenvalue weighted by Gasteiger charge is -2.26. The van der Waals surface area contributed by atoms with Crippen molar-refractivity contribution in [2.75, 3.05) is 29.5 Å². The first-order valence-electron chi connectivity index (χ1n) is 9.96. The van der Waals surface area contributed by atoms with Gasteiger partial charge in [-0.1, -0.05) is 18.2 Å². The van der Waals surface area contributed by atoms with Gasteiger partial charge in [0, 0.05) is 30.9 Å². The summed E-state index contributed by atoms with van der Waals surface area (Å²) in [4.78, 5) is 39.6. The van der Waals surface area contributed by atoms with Crippen LogP contribution in [0.5, 0.6) is 0 Å². The molecule has 0 radical (unpaired) electrons. The summed E-state index contributed by atoms with van der Waals surface area (Å²) >= 11 is 0. The number of carbonyl (C=O) groups excluding carboxylic acids is 2. The number of rotatable bonds is 7. The summed E-state index contributed by atoms with van der Waals surface area (Å²) in [7, 11) is 0. The Bertz CT molecular complexity index is 924. The minimum Gasteiger partial charge on any atom is -0.452 e. The monoisotopic (exact) mass is 411 g/mol. The summed E-state index contributed by atoms with van der Waals surface area (Å²) in [5.41, 5.74) is 1.12. The van der Waals surface area contributed by atoms with Crippen LogP contribution in [0.1, 0.15) is 37.0 Å². The third-order valence-electron chi connectivity index (χ3n) is 5.00. The zero-order valence-electron chi connectivity index (χ0n) is 17.1. The number of anilines is 2. The molecule has 0 aromatic heterocycles. The van der Waals surface area contributed by atoms with E-state index in [-0.39, 0.29) is 23.2 Å². The second-order valence-electron chi connectivity index (χ2n) is 7.42. The molecule has 1 amide bonds. The van der Waals surface area contributed by atoms with Gasteiger partial charge in [0.15, 0.2) is 6.61 Å². The Balaban J connectivity index is 1.71. The Labute approximate surface area is 175 Å². The fourth-order valence-corrected chi connectivity index (χ4v) is 3.62. The summed E-state index contributed by atoms with van der Waals surface area (Å²) in [6.07, 6.45) is 1.97. The summed E-state index contributed by atoms with van der Waals surface area (Å²) in [5, 5.41) is 11.5. The molecule has 0 saturated carbocycles. The Morgan fingerprint density at radius 1 is 1.13 bits per heavy atom. The molecule has 30 heavy (non-hydrogen) atoms. The highest BCUT2D eigenvalue weighted by molar-refractivity contribution is 5.98. The molecule has 1 aliphatic rings. The fraction of sp³-hybridized carbons (Fsp3) is 0.364. The van der Waals surface area contributed by atoms with Crippen LogP contribution >= 0.6 is 0 Å². The summed E-state index contributed by atoms with van der Waals surface area (Å²) in [6.45, 7) is 4.79. The van der Waals surface area contributed by atoms with Crippen molar-refractivity contribution in [3.63, 3.8) is 0 Å². The van der Waals surface area contributed by atoms with Gasteiger partial charge in [-0.3, -0.25) is 14.9 Å². The van der Waals surface area contributed by atoms with E-state index in [0.29, 0.717) is 11.4 Å². The summed E-state index contributed by atoms with van der Waals surface area (Å²) in [5.74, 6) is -1.14. The highest BCUT2D eigenvalue weighted by Gasteiger charge is 2.25. The molecule has 8 nitrogen and oxygen atoms in total. The van der Waals surface area contributed by atoms with E-state index in [1.807, 2.05) is 36.9 Å². The second kappa shape index (κ2) is 9.39. The number of ether oxygens (including phenoxy) is 1. The number of benzene rings is 2. The molecule has 1 saturated heterocycles. The zero-order chi connectivity index (χ0) is 21.7. The van der Waals surface area contributed by atoms with Crippen LogP contribution in [0.25, 0.3) is 0 Å². The van der Waals surface area contributed by atoms with Crippen molar-refractivity contribution in [3.8, 4) is 0 Å². The molecule has 1 heterocycles. The molecule has 158 valence electrons. The second-order valence-corrected chi connectivity index (χ2v) is 7.42. The van der Waals surface area contributed by atoms with Crippen molar-refractivity contribution in [1.29, 1.82) is 0 Å². The van der Waals surface area contributed by atoms with Gasteiger partial charge in [-0.15, -0.1) is 0 Å². The quantitative estimate of drug-likeness (QED) is 0.391. The molecule has 0 atom stereocenters. The Kier molecular flexibility index (Phi) is 6.66. The maximum Gasteiger partial charge on any atom is 0.338 e. The Morgan fingerprint density at radius 3 is 2.40 bits per heavy atom. The van der Waals surface area contributed by atoms with Crippen molar-refractivity contribution < 1.29 is 19.2 Å². The smallest absolute Gasteiger partial charge is 0.338 e. The minimum absolute atomic E-state index is 0.0493. The fourth-order valence-electron chi connectivity index (χ4n) is 3.62. The lowest BCUT2D eigenvalue weighted by molar-refractivity contribution is -0.384. The van der Waals surface area contributed by atoms with Crippen LogP contribution in [0, 0.1) is 10.1 Å². The normalized spacial score (nSPS) is 13.4. The topological polar surface area (TPSA) is 93.0 Å². The van der Waals surface area contributed by atoms with E-state index in [1.165, 1.54) is 12.1 Å². The number of esters is 1. The molecule has 0 bridgehead atoms. The first kappa shape index (κ1) is 21.3. The number of hydrogen-bond donors (Lipinski definition) is 0. The number of nitrogens with zero attached hydrogens (tertiary/aromatic N) is 3. The Morgan fingerprint density at radius 2 is 1.80 bits per heavy atom. The van der Waals surface area contributed by atoms with E-state index < -0.39 is 17.5 Å². The van der Waals surface area contributed by atoms with E-state index >= 15 is 0 Å². The van der Waals surface area contributed by atoms with Crippen LogP contribution in [-0.2, 0) is 9.53 Å². The number of hydrogen-bond acceptors (Lipinski definition) is 6. The van der Waals surface area contributed by atoms with Gasteiger partial charge >= 0.3 is 5.97 Å². The van der Waals surface area contributed by atoms with E-state index in [4.69, 9.17) is 4.74 Å². The lowest BCUT2D eigenvalue weighted by atomic mass is 10.1. The number of nitro benzene ring substituents is 1.